The van der Waals surface area contributed by atoms with Crippen LogP contribution in [0.4, 0.5) is 5.69 Å². The van der Waals surface area contributed by atoms with E-state index in [1.165, 1.54) is 70.6 Å². The zero-order valence-electron chi connectivity index (χ0n) is 42.3. The number of amides is 1. The lowest BCUT2D eigenvalue weighted by atomic mass is 10.0. The SMILES string of the molecule is CCCCCCCCCCCCCCCC(=O)Nc1ccc(-c2c3nc(c(-c4ccc(OC)cc4)c4ccc([nH]4)c(-c4ccc(OC)cc4)c4nc(c(-c5ccc(OC)cc5)c5ccc2[nH]5)C=C4)C=C3)cc1. The number of nitrogens with zero attached hydrogens (tertiary/aromatic N) is 2. The third-order valence-corrected chi connectivity index (χ3v) is 13.9. The molecule has 0 aliphatic carbocycles. The van der Waals surface area contributed by atoms with Crippen LogP contribution in [-0.4, -0.2) is 47.2 Å². The maximum atomic E-state index is 13.2. The van der Waals surface area contributed by atoms with Gasteiger partial charge in [-0.15, -0.1) is 0 Å². The largest absolute Gasteiger partial charge is 0.497 e. The number of hydrogen-bond donors (Lipinski definition) is 3. The minimum Gasteiger partial charge on any atom is -0.497 e. The molecule has 3 N–H and O–H groups in total. The third-order valence-electron chi connectivity index (χ3n) is 13.9. The number of ether oxygens (including phenoxy) is 3. The average molecular weight is 958 g/mol. The Balaban J connectivity index is 1.09. The number of carbonyl (C=O) groups excluding carboxylic acids is 1. The van der Waals surface area contributed by atoms with Gasteiger partial charge in [0.05, 0.1) is 44.1 Å². The molecule has 2 aliphatic heterocycles. The number of nitrogens with one attached hydrogen (secondary N) is 3. The van der Waals surface area contributed by atoms with Gasteiger partial charge in [0, 0.05) is 56.4 Å². The van der Waals surface area contributed by atoms with Gasteiger partial charge >= 0.3 is 0 Å². The molecule has 9 heteroatoms. The fourth-order valence-corrected chi connectivity index (χ4v) is 9.94. The van der Waals surface area contributed by atoms with Crippen LogP contribution in [-0.2, 0) is 4.79 Å². The molecule has 0 saturated carbocycles. The van der Waals surface area contributed by atoms with E-state index in [4.69, 9.17) is 24.2 Å². The first kappa shape index (κ1) is 49.3. The van der Waals surface area contributed by atoms with Gasteiger partial charge in [-0.2, -0.15) is 0 Å². The summed E-state index contributed by atoms with van der Waals surface area (Å²) in [7, 11) is 5.04. The molecule has 0 unspecified atom stereocenters. The molecule has 9 rings (SSSR count). The highest BCUT2D eigenvalue weighted by molar-refractivity contribution is 6.00. The van der Waals surface area contributed by atoms with Crippen molar-refractivity contribution in [2.75, 3.05) is 26.6 Å². The summed E-state index contributed by atoms with van der Waals surface area (Å²) in [5.41, 5.74) is 15.3. The Kier molecular flexibility index (Phi) is 16.4. The van der Waals surface area contributed by atoms with Crippen LogP contribution < -0.4 is 19.5 Å². The smallest absolute Gasteiger partial charge is 0.224 e. The van der Waals surface area contributed by atoms with Crippen molar-refractivity contribution in [3.63, 3.8) is 0 Å². The van der Waals surface area contributed by atoms with Crippen molar-refractivity contribution in [2.24, 2.45) is 0 Å². The summed E-state index contributed by atoms with van der Waals surface area (Å²) in [5, 5.41) is 3.17. The number of fused-ring (bicyclic) bond motifs is 8. The molecule has 3 aromatic heterocycles. The Bertz CT molecular complexity index is 3140. The van der Waals surface area contributed by atoms with E-state index >= 15 is 0 Å². The lowest BCUT2D eigenvalue weighted by Gasteiger charge is -2.09. The fourth-order valence-electron chi connectivity index (χ4n) is 9.94. The first-order valence-corrected chi connectivity index (χ1v) is 25.9. The van der Waals surface area contributed by atoms with Crippen LogP contribution in [0.5, 0.6) is 17.2 Å². The van der Waals surface area contributed by atoms with Crippen LogP contribution in [0.2, 0.25) is 0 Å². The van der Waals surface area contributed by atoms with Crippen LogP contribution in [0.25, 0.3) is 90.9 Å². The summed E-state index contributed by atoms with van der Waals surface area (Å²) in [6.07, 6.45) is 25.5. The van der Waals surface area contributed by atoms with Gasteiger partial charge in [0.1, 0.15) is 17.2 Å². The molecule has 0 atom stereocenters. The van der Waals surface area contributed by atoms with Crippen molar-refractivity contribution >= 4 is 58.0 Å². The molecular weight excluding hydrogens is 891 g/mol. The number of methoxy groups -OCH3 is 3. The molecule has 9 nitrogen and oxygen atoms in total. The van der Waals surface area contributed by atoms with E-state index in [-0.39, 0.29) is 5.91 Å². The van der Waals surface area contributed by atoms with E-state index < -0.39 is 0 Å². The monoisotopic (exact) mass is 958 g/mol. The van der Waals surface area contributed by atoms with E-state index in [1.54, 1.807) is 21.3 Å². The summed E-state index contributed by atoms with van der Waals surface area (Å²) in [5.74, 6) is 2.36. The van der Waals surface area contributed by atoms with E-state index in [9.17, 15) is 4.79 Å². The molecule has 368 valence electrons. The summed E-state index contributed by atoms with van der Waals surface area (Å²) >= 11 is 0. The van der Waals surface area contributed by atoms with Crippen molar-refractivity contribution in [1.82, 2.24) is 19.9 Å². The predicted octanol–water partition coefficient (Wildman–Crippen LogP) is 16.8. The Labute approximate surface area is 424 Å². The third kappa shape index (κ3) is 11.7. The number of aromatic nitrogens is 4. The second kappa shape index (κ2) is 24.0. The highest BCUT2D eigenvalue weighted by Crippen LogP contribution is 2.39. The minimum absolute atomic E-state index is 0.0493. The van der Waals surface area contributed by atoms with Gasteiger partial charge in [-0.25, -0.2) is 9.97 Å². The molecule has 1 amide bonds. The molecule has 7 aromatic rings. The zero-order valence-corrected chi connectivity index (χ0v) is 42.3. The number of H-pyrrole nitrogens is 2. The summed E-state index contributed by atoms with van der Waals surface area (Å²) in [6, 6.07) is 40.9. The predicted molar refractivity (Wildman–Crippen MR) is 299 cm³/mol. The Morgan fingerprint density at radius 2 is 0.694 bits per heavy atom. The summed E-state index contributed by atoms with van der Waals surface area (Å²) in [4.78, 5) is 31.7. The van der Waals surface area contributed by atoms with Crippen molar-refractivity contribution in [3.8, 4) is 61.8 Å². The van der Waals surface area contributed by atoms with Crippen LogP contribution in [0.15, 0.2) is 121 Å². The first-order valence-electron chi connectivity index (χ1n) is 25.9. The first-order chi connectivity index (χ1) is 35.4. The van der Waals surface area contributed by atoms with Crippen molar-refractivity contribution < 1.29 is 19.0 Å². The van der Waals surface area contributed by atoms with Crippen LogP contribution in [0.3, 0.4) is 0 Å². The van der Waals surface area contributed by atoms with Gasteiger partial charge in [-0.3, -0.25) is 4.79 Å². The van der Waals surface area contributed by atoms with Crippen LogP contribution >= 0.6 is 0 Å². The fraction of sp³-hybridized carbons (Fsp3) is 0.286. The normalized spacial score (nSPS) is 11.8. The van der Waals surface area contributed by atoms with E-state index in [2.05, 4.69) is 119 Å². The molecule has 8 bridgehead atoms. The Morgan fingerprint density at radius 3 is 1.00 bits per heavy atom. The molecule has 72 heavy (non-hydrogen) atoms. The Hall–Kier alpha value is -7.65. The molecule has 0 saturated heterocycles. The average Bonchev–Trinajstić information content (AvgIpc) is 4.28. The number of carbonyl (C=O) groups is 1. The van der Waals surface area contributed by atoms with E-state index in [1.807, 2.05) is 48.5 Å². The molecule has 0 spiro atoms. The van der Waals surface area contributed by atoms with Gasteiger partial charge in [-0.05, 0) is 126 Å². The van der Waals surface area contributed by atoms with Crippen molar-refractivity contribution in [1.29, 1.82) is 0 Å². The van der Waals surface area contributed by atoms with Gasteiger partial charge in [0.15, 0.2) is 0 Å². The second-order valence-electron chi connectivity index (χ2n) is 18.8. The number of anilines is 1. The van der Waals surface area contributed by atoms with Crippen molar-refractivity contribution in [3.05, 3.63) is 144 Å². The molecule has 4 aromatic carbocycles. The maximum absolute atomic E-state index is 13.2. The van der Waals surface area contributed by atoms with Gasteiger partial charge in [0.2, 0.25) is 5.91 Å². The highest BCUT2D eigenvalue weighted by Gasteiger charge is 2.20. The topological polar surface area (TPSA) is 114 Å². The number of benzene rings is 4. The zero-order chi connectivity index (χ0) is 49.7. The molecule has 0 fully saturated rings. The maximum Gasteiger partial charge on any atom is 0.224 e. The molecular formula is C63H67N5O4. The number of hydrogen-bond acceptors (Lipinski definition) is 6. The van der Waals surface area contributed by atoms with Crippen molar-refractivity contribution in [2.45, 2.75) is 96.8 Å². The molecule has 2 aliphatic rings. The summed E-state index contributed by atoms with van der Waals surface area (Å²) in [6.45, 7) is 2.27. The van der Waals surface area contributed by atoms with Crippen LogP contribution in [0, 0.1) is 0 Å². The lowest BCUT2D eigenvalue weighted by Crippen LogP contribution is -2.10. The van der Waals surface area contributed by atoms with Crippen LogP contribution in [0.1, 0.15) is 120 Å². The van der Waals surface area contributed by atoms with Gasteiger partial charge < -0.3 is 29.5 Å². The Morgan fingerprint density at radius 1 is 0.403 bits per heavy atom. The highest BCUT2D eigenvalue weighted by atomic mass is 16.5. The molecule has 0 radical (unpaired) electrons. The number of aromatic amines is 2. The summed E-state index contributed by atoms with van der Waals surface area (Å²) < 4.78 is 16.7. The van der Waals surface area contributed by atoms with E-state index in [0.717, 1.165) is 125 Å². The minimum atomic E-state index is 0.0493. The second-order valence-corrected chi connectivity index (χ2v) is 18.8. The number of rotatable bonds is 22. The lowest BCUT2D eigenvalue weighted by molar-refractivity contribution is -0.116. The van der Waals surface area contributed by atoms with E-state index in [0.29, 0.717) is 6.42 Å². The number of unbranched alkanes of at least 4 members (excludes halogenated alkanes) is 12. The standard InChI is InChI=1S/C63H67N5O4/c1-5-6-7-8-9-10-11-12-13-14-15-16-17-18-59(69)64-47-27-19-43(20-28-47)60-51-35-37-53(65-51)61(44-21-29-48(70-2)30-22-44)55-39-41-57(67-55)63(46-25-33-50(72-4)34-26-46)58-42-40-56(68-58)62(54-38-36-52(60)66-54)45-23-31-49(71-3)32-24-45/h19-42,65,68H,5-18H2,1-4H3,(H,64,69). The van der Waals surface area contributed by atoms with Gasteiger partial charge in [0.25, 0.3) is 0 Å². The quantitative estimate of drug-likeness (QED) is 0.0583. The van der Waals surface area contributed by atoms with Gasteiger partial charge in [-0.1, -0.05) is 133 Å². The molecule has 5 heterocycles.